The van der Waals surface area contributed by atoms with E-state index in [1.165, 1.54) is 0 Å². The number of hydrogen-bond donors (Lipinski definition) is 0. The van der Waals surface area contributed by atoms with Gasteiger partial charge < -0.3 is 14.2 Å². The zero-order chi connectivity index (χ0) is 18.9. The van der Waals surface area contributed by atoms with Gasteiger partial charge in [0.15, 0.2) is 0 Å². The van der Waals surface area contributed by atoms with Crippen molar-refractivity contribution in [2.24, 2.45) is 0 Å². The number of piperidine rings is 1. The first-order chi connectivity index (χ1) is 13.1. The summed E-state index contributed by atoms with van der Waals surface area (Å²) < 4.78 is 5.43. The van der Waals surface area contributed by atoms with Gasteiger partial charge in [-0.2, -0.15) is 0 Å². The highest BCUT2D eigenvalue weighted by Gasteiger charge is 2.48. The molecule has 5 nitrogen and oxygen atoms in total. The zero-order valence-electron chi connectivity index (χ0n) is 14.8. The molecule has 4 rings (SSSR count). The molecule has 2 saturated heterocycles. The van der Waals surface area contributed by atoms with Gasteiger partial charge in [0.1, 0.15) is 11.1 Å². The van der Waals surface area contributed by atoms with Crippen molar-refractivity contribution in [3.63, 3.8) is 0 Å². The molecule has 2 aliphatic heterocycles. The second-order valence-corrected chi connectivity index (χ2v) is 8.67. The molecular weight excluding hydrogens is 384 g/mol. The third-order valence-corrected chi connectivity index (χ3v) is 7.31. The summed E-state index contributed by atoms with van der Waals surface area (Å²) in [5, 5.41) is -0.669. The third-order valence-electron chi connectivity index (χ3n) is 5.32. The predicted octanol–water partition coefficient (Wildman–Crippen LogP) is 3.65. The first kappa shape index (κ1) is 18.4. The van der Waals surface area contributed by atoms with E-state index in [9.17, 15) is 9.59 Å². The van der Waals surface area contributed by atoms with Crippen molar-refractivity contribution in [2.45, 2.75) is 29.6 Å². The van der Waals surface area contributed by atoms with E-state index in [-0.39, 0.29) is 16.7 Å². The van der Waals surface area contributed by atoms with E-state index in [2.05, 4.69) is 0 Å². The number of benzene rings is 1. The highest BCUT2D eigenvalue weighted by Crippen LogP contribution is 2.45. The first-order valence-corrected chi connectivity index (χ1v) is 10.5. The number of rotatable bonds is 4. The number of nitrogens with zero attached hydrogens (tertiary/aromatic N) is 2. The second kappa shape index (κ2) is 7.60. The van der Waals surface area contributed by atoms with Crippen LogP contribution in [-0.4, -0.2) is 45.3 Å². The van der Waals surface area contributed by atoms with Crippen LogP contribution in [0.4, 0.5) is 0 Å². The van der Waals surface area contributed by atoms with Gasteiger partial charge in [0.2, 0.25) is 11.8 Å². The Labute approximate surface area is 167 Å². The summed E-state index contributed by atoms with van der Waals surface area (Å²) in [7, 11) is 0. The van der Waals surface area contributed by atoms with Gasteiger partial charge >= 0.3 is 0 Å². The van der Waals surface area contributed by atoms with Crippen molar-refractivity contribution >= 4 is 35.2 Å². The Balaban J connectivity index is 1.43. The fourth-order valence-electron chi connectivity index (χ4n) is 3.79. The molecule has 3 heterocycles. The molecule has 1 atom stereocenters. The molecule has 2 fully saturated rings. The van der Waals surface area contributed by atoms with Gasteiger partial charge in [-0.1, -0.05) is 30.3 Å². The number of carbonyl (C=O) groups is 2. The summed E-state index contributed by atoms with van der Waals surface area (Å²) in [5.74, 6) is 1.34. The second-order valence-electron chi connectivity index (χ2n) is 6.89. The zero-order valence-corrected chi connectivity index (χ0v) is 16.4. The monoisotopic (exact) mass is 404 g/mol. The molecule has 7 heteroatoms. The van der Waals surface area contributed by atoms with Crippen LogP contribution in [0, 0.1) is 0 Å². The van der Waals surface area contributed by atoms with Gasteiger partial charge in [-0.05, 0) is 30.5 Å². The molecule has 1 aromatic carbocycles. The van der Waals surface area contributed by atoms with Crippen LogP contribution >= 0.6 is 23.4 Å². The number of carbonyl (C=O) groups excluding carboxylic acids is 2. The van der Waals surface area contributed by atoms with Gasteiger partial charge in [0.05, 0.1) is 23.4 Å². The van der Waals surface area contributed by atoms with Gasteiger partial charge in [-0.25, -0.2) is 0 Å². The van der Waals surface area contributed by atoms with Crippen molar-refractivity contribution in [2.75, 3.05) is 18.8 Å². The summed E-state index contributed by atoms with van der Waals surface area (Å²) in [6, 6.07) is 13.1. The minimum atomic E-state index is -0.669. The molecule has 2 aromatic rings. The molecule has 1 spiro atoms. The van der Waals surface area contributed by atoms with Crippen LogP contribution in [0.3, 0.4) is 0 Å². The Bertz CT molecular complexity index is 804. The predicted molar refractivity (Wildman–Crippen MR) is 105 cm³/mol. The summed E-state index contributed by atoms with van der Waals surface area (Å²) >= 11 is 8.10. The SMILES string of the molecule is O=C([C@@H](Cl)c1ccccc1)N1CCC2(CC1)SCC(=O)N2Cc1ccco1. The van der Waals surface area contributed by atoms with E-state index < -0.39 is 5.38 Å². The van der Waals surface area contributed by atoms with Crippen molar-refractivity contribution in [3.8, 4) is 0 Å². The summed E-state index contributed by atoms with van der Waals surface area (Å²) in [4.78, 5) is 28.7. The van der Waals surface area contributed by atoms with Crippen LogP contribution in [0.15, 0.2) is 53.1 Å². The molecule has 142 valence electrons. The van der Waals surface area contributed by atoms with Crippen LogP contribution in [0.2, 0.25) is 0 Å². The normalized spacial score (nSPS) is 20.3. The molecule has 0 aliphatic carbocycles. The van der Waals surface area contributed by atoms with Crippen LogP contribution < -0.4 is 0 Å². The van der Waals surface area contributed by atoms with Crippen LogP contribution in [-0.2, 0) is 16.1 Å². The largest absolute Gasteiger partial charge is 0.467 e. The van der Waals surface area contributed by atoms with Crippen LogP contribution in [0.1, 0.15) is 29.5 Å². The quantitative estimate of drug-likeness (QED) is 0.730. The lowest BCUT2D eigenvalue weighted by molar-refractivity contribution is -0.135. The van der Waals surface area contributed by atoms with E-state index in [0.29, 0.717) is 25.4 Å². The molecule has 1 aromatic heterocycles. The van der Waals surface area contributed by atoms with E-state index in [1.807, 2.05) is 52.3 Å². The average Bonchev–Trinajstić information content (AvgIpc) is 3.33. The maximum atomic E-state index is 12.8. The number of furan rings is 1. The maximum Gasteiger partial charge on any atom is 0.245 e. The molecule has 0 unspecified atom stereocenters. The summed E-state index contributed by atoms with van der Waals surface area (Å²) in [5.41, 5.74) is 0.814. The molecular formula is C20H21ClN2O3S. The molecule has 0 saturated carbocycles. The number of alkyl halides is 1. The Hall–Kier alpha value is -1.92. The van der Waals surface area contributed by atoms with Gasteiger partial charge in [0.25, 0.3) is 0 Å². The maximum absolute atomic E-state index is 12.8. The fraction of sp³-hybridized carbons (Fsp3) is 0.400. The molecule has 2 amide bonds. The number of likely N-dealkylation sites (tertiary alicyclic amines) is 1. The van der Waals surface area contributed by atoms with Crippen molar-refractivity contribution in [1.29, 1.82) is 0 Å². The van der Waals surface area contributed by atoms with Crippen molar-refractivity contribution in [3.05, 3.63) is 60.1 Å². The Morgan fingerprint density at radius 3 is 2.59 bits per heavy atom. The number of thioether (sulfide) groups is 1. The molecule has 2 aliphatic rings. The Kier molecular flexibility index (Phi) is 5.19. The Morgan fingerprint density at radius 1 is 1.19 bits per heavy atom. The van der Waals surface area contributed by atoms with Crippen molar-refractivity contribution < 1.29 is 14.0 Å². The topological polar surface area (TPSA) is 53.8 Å². The summed E-state index contributed by atoms with van der Waals surface area (Å²) in [6.07, 6.45) is 3.11. The fourth-order valence-corrected chi connectivity index (χ4v) is 5.41. The lowest BCUT2D eigenvalue weighted by Crippen LogP contribution is -2.53. The lowest BCUT2D eigenvalue weighted by atomic mass is 10.0. The van der Waals surface area contributed by atoms with Crippen LogP contribution in [0.25, 0.3) is 0 Å². The lowest BCUT2D eigenvalue weighted by Gasteiger charge is -2.44. The smallest absolute Gasteiger partial charge is 0.245 e. The average molecular weight is 405 g/mol. The Morgan fingerprint density at radius 2 is 1.93 bits per heavy atom. The van der Waals surface area contributed by atoms with E-state index >= 15 is 0 Å². The molecule has 0 bridgehead atoms. The molecule has 0 N–H and O–H groups in total. The van der Waals surface area contributed by atoms with Crippen molar-refractivity contribution in [1.82, 2.24) is 9.80 Å². The van der Waals surface area contributed by atoms with Crippen LogP contribution in [0.5, 0.6) is 0 Å². The van der Waals surface area contributed by atoms with E-state index in [1.54, 1.807) is 18.0 Å². The standard InChI is InChI=1S/C20H21ClN2O3S/c21-18(15-5-2-1-3-6-15)19(25)22-10-8-20(9-11-22)23(17(24)14-27-20)13-16-7-4-12-26-16/h1-7,12,18H,8-11,13-14H2/t18-/m0/s1. The van der Waals surface area contributed by atoms with Gasteiger partial charge in [0, 0.05) is 13.1 Å². The minimum absolute atomic E-state index is 0.0652. The van der Waals surface area contributed by atoms with E-state index in [0.717, 1.165) is 24.2 Å². The van der Waals surface area contributed by atoms with E-state index in [4.69, 9.17) is 16.0 Å². The highest BCUT2D eigenvalue weighted by molar-refractivity contribution is 8.01. The van der Waals surface area contributed by atoms with Gasteiger partial charge in [-0.15, -0.1) is 23.4 Å². The highest BCUT2D eigenvalue weighted by atomic mass is 35.5. The number of hydrogen-bond acceptors (Lipinski definition) is 4. The number of halogens is 1. The van der Waals surface area contributed by atoms with Gasteiger partial charge in [-0.3, -0.25) is 9.59 Å². The molecule has 0 radical (unpaired) electrons. The summed E-state index contributed by atoms with van der Waals surface area (Å²) in [6.45, 7) is 1.68. The molecule has 27 heavy (non-hydrogen) atoms. The minimum Gasteiger partial charge on any atom is -0.467 e. The number of amides is 2. The third kappa shape index (κ3) is 3.60. The first-order valence-electron chi connectivity index (χ1n) is 9.04.